The quantitative estimate of drug-likeness (QED) is 0.176. The highest BCUT2D eigenvalue weighted by Gasteiger charge is 2.16. The first-order chi connectivity index (χ1) is 21.3. The van der Waals surface area contributed by atoms with E-state index < -0.39 is 0 Å². The fourth-order valence-electron chi connectivity index (χ4n) is 5.03. The van der Waals surface area contributed by atoms with Crippen LogP contribution in [0.25, 0.3) is 68.9 Å². The number of hydrogen-bond donors (Lipinski definition) is 0. The zero-order valence-electron chi connectivity index (χ0n) is 22.8. The summed E-state index contributed by atoms with van der Waals surface area (Å²) in [6.45, 7) is 0. The molecule has 0 fully saturated rings. The van der Waals surface area contributed by atoms with Crippen LogP contribution in [0.3, 0.4) is 0 Å². The molecule has 0 unspecified atom stereocenters. The van der Waals surface area contributed by atoms with E-state index in [1.807, 2.05) is 45.6 Å². The molecule has 3 nitrogen and oxygen atoms in total. The lowest BCUT2D eigenvalue weighted by atomic mass is 10.1. The molecule has 206 valence electrons. The Morgan fingerprint density at radius 3 is 1.47 bits per heavy atom. The maximum atomic E-state index is 5.07. The summed E-state index contributed by atoms with van der Waals surface area (Å²) < 4.78 is 1.95. The van der Waals surface area contributed by atoms with E-state index in [4.69, 9.17) is 10.1 Å². The highest BCUT2D eigenvalue weighted by Crippen LogP contribution is 2.39. The Bertz CT molecular complexity index is 2100. The minimum atomic E-state index is 0.707. The van der Waals surface area contributed by atoms with Crippen LogP contribution < -0.4 is 0 Å². The first-order valence-corrected chi connectivity index (χ1v) is 17.2. The highest BCUT2D eigenvalue weighted by atomic mass is 32.1. The van der Waals surface area contributed by atoms with Crippen molar-refractivity contribution < 1.29 is 0 Å². The normalized spacial score (nSPS) is 11.3. The topological polar surface area (TPSA) is 30.7 Å². The van der Waals surface area contributed by atoms with Crippen molar-refractivity contribution >= 4 is 45.3 Å². The van der Waals surface area contributed by atoms with Gasteiger partial charge >= 0.3 is 0 Å². The molecular formula is C36H23N3S4. The molecule has 0 aliphatic rings. The SMILES string of the molecule is c1ccc(-n2nc(-c3ccc(-c4ccc(-c5cccs5)s4)cc3)nc2-c2ccc(-c3ccc(-c4cccs4)s3)cc2)cc1. The van der Waals surface area contributed by atoms with E-state index in [0.717, 1.165) is 22.6 Å². The van der Waals surface area contributed by atoms with E-state index >= 15 is 0 Å². The molecule has 8 aromatic rings. The van der Waals surface area contributed by atoms with Gasteiger partial charge in [-0.3, -0.25) is 0 Å². The van der Waals surface area contributed by atoms with Crippen molar-refractivity contribution in [2.24, 2.45) is 0 Å². The molecule has 0 atom stereocenters. The summed E-state index contributed by atoms with van der Waals surface area (Å²) in [4.78, 5) is 12.8. The second-order valence-corrected chi connectivity index (χ2v) is 14.0. The summed E-state index contributed by atoms with van der Waals surface area (Å²) in [5.41, 5.74) is 5.40. The maximum Gasteiger partial charge on any atom is 0.182 e. The smallest absolute Gasteiger partial charge is 0.182 e. The Hall–Kier alpha value is -4.40. The third-order valence-corrected chi connectivity index (χ3v) is 11.6. The minimum Gasteiger partial charge on any atom is -0.213 e. The van der Waals surface area contributed by atoms with E-state index in [0.29, 0.717) is 5.82 Å². The summed E-state index contributed by atoms with van der Waals surface area (Å²) in [5, 5.41) is 9.24. The number of aromatic nitrogens is 3. The van der Waals surface area contributed by atoms with Gasteiger partial charge in [0.1, 0.15) is 0 Å². The zero-order chi connectivity index (χ0) is 28.6. The summed E-state index contributed by atoms with van der Waals surface area (Å²) in [6.07, 6.45) is 0. The number of hydrogen-bond acceptors (Lipinski definition) is 6. The Kier molecular flexibility index (Phi) is 6.93. The van der Waals surface area contributed by atoms with E-state index in [9.17, 15) is 0 Å². The van der Waals surface area contributed by atoms with Crippen molar-refractivity contribution in [3.63, 3.8) is 0 Å². The molecule has 0 bridgehead atoms. The maximum absolute atomic E-state index is 5.07. The van der Waals surface area contributed by atoms with Gasteiger partial charge in [-0.05, 0) is 70.4 Å². The summed E-state index contributed by atoms with van der Waals surface area (Å²) in [7, 11) is 0. The third kappa shape index (κ3) is 5.21. The Morgan fingerprint density at radius 2 is 0.930 bits per heavy atom. The lowest BCUT2D eigenvalue weighted by Crippen LogP contribution is -1.99. The second kappa shape index (κ2) is 11.4. The average Bonchev–Trinajstić information content (AvgIpc) is 3.91. The molecule has 0 aliphatic heterocycles. The molecule has 0 radical (unpaired) electrons. The second-order valence-electron chi connectivity index (χ2n) is 9.94. The number of benzene rings is 3. The summed E-state index contributed by atoms with van der Waals surface area (Å²) >= 11 is 7.20. The predicted octanol–water partition coefficient (Wildman–Crippen LogP) is 11.5. The first kappa shape index (κ1) is 26.2. The van der Waals surface area contributed by atoms with Gasteiger partial charge in [0.2, 0.25) is 0 Å². The fourth-order valence-corrected chi connectivity index (χ4v) is 8.72. The van der Waals surface area contributed by atoms with Gasteiger partial charge in [-0.1, -0.05) is 78.9 Å². The van der Waals surface area contributed by atoms with Crippen LogP contribution in [0.1, 0.15) is 0 Å². The molecule has 0 spiro atoms. The first-order valence-electron chi connectivity index (χ1n) is 13.8. The molecule has 5 aromatic heterocycles. The molecule has 0 saturated heterocycles. The monoisotopic (exact) mass is 625 g/mol. The number of thiophene rings is 4. The van der Waals surface area contributed by atoms with Crippen LogP contribution in [0.15, 0.2) is 138 Å². The highest BCUT2D eigenvalue weighted by molar-refractivity contribution is 7.23. The van der Waals surface area contributed by atoms with Crippen LogP contribution in [0, 0.1) is 0 Å². The van der Waals surface area contributed by atoms with Crippen LogP contribution in [0.2, 0.25) is 0 Å². The van der Waals surface area contributed by atoms with Gasteiger partial charge in [-0.2, -0.15) is 0 Å². The van der Waals surface area contributed by atoms with Crippen molar-refractivity contribution in [3.8, 4) is 68.9 Å². The zero-order valence-corrected chi connectivity index (χ0v) is 26.0. The van der Waals surface area contributed by atoms with Gasteiger partial charge < -0.3 is 0 Å². The van der Waals surface area contributed by atoms with Crippen molar-refractivity contribution in [2.45, 2.75) is 0 Å². The Labute approximate surface area is 265 Å². The Morgan fingerprint density at radius 1 is 0.419 bits per heavy atom. The van der Waals surface area contributed by atoms with Crippen LogP contribution in [-0.2, 0) is 0 Å². The molecule has 3 aromatic carbocycles. The largest absolute Gasteiger partial charge is 0.213 e. The molecule has 7 heteroatoms. The number of para-hydroxylation sites is 1. The van der Waals surface area contributed by atoms with Gasteiger partial charge in [-0.15, -0.1) is 50.4 Å². The number of rotatable bonds is 7. The molecule has 0 N–H and O–H groups in total. The van der Waals surface area contributed by atoms with E-state index in [2.05, 4.69) is 120 Å². The summed E-state index contributed by atoms with van der Waals surface area (Å²) in [5.74, 6) is 1.53. The summed E-state index contributed by atoms with van der Waals surface area (Å²) in [6, 6.07) is 44.9. The Balaban J connectivity index is 1.11. The third-order valence-electron chi connectivity index (χ3n) is 7.20. The van der Waals surface area contributed by atoms with Crippen molar-refractivity contribution in [3.05, 3.63) is 138 Å². The molecule has 0 saturated carbocycles. The van der Waals surface area contributed by atoms with Crippen LogP contribution in [-0.4, -0.2) is 14.8 Å². The molecule has 0 aliphatic carbocycles. The minimum absolute atomic E-state index is 0.707. The van der Waals surface area contributed by atoms with E-state index in [1.165, 1.54) is 40.4 Å². The standard InChI is InChI=1S/C36H23N3S4/c1-2-6-28(7-3-1)39-36(27-16-12-25(13-17-27)30-19-21-34(43-30)32-9-5-23-41-32)37-35(38-39)26-14-10-24(11-15-26)29-18-20-33(42-29)31-8-4-22-40-31/h1-23H. The van der Waals surface area contributed by atoms with E-state index in [1.54, 1.807) is 22.7 Å². The van der Waals surface area contributed by atoms with Crippen molar-refractivity contribution in [2.75, 3.05) is 0 Å². The molecule has 0 amide bonds. The van der Waals surface area contributed by atoms with Gasteiger partial charge in [0, 0.05) is 40.4 Å². The average molecular weight is 626 g/mol. The van der Waals surface area contributed by atoms with Gasteiger partial charge in [0.05, 0.1) is 5.69 Å². The fraction of sp³-hybridized carbons (Fsp3) is 0. The van der Waals surface area contributed by atoms with Gasteiger partial charge in [0.15, 0.2) is 11.6 Å². The number of nitrogens with zero attached hydrogens (tertiary/aromatic N) is 3. The predicted molar refractivity (Wildman–Crippen MR) is 185 cm³/mol. The van der Waals surface area contributed by atoms with Gasteiger partial charge in [0.25, 0.3) is 0 Å². The van der Waals surface area contributed by atoms with Crippen molar-refractivity contribution in [1.82, 2.24) is 14.8 Å². The molecule has 5 heterocycles. The van der Waals surface area contributed by atoms with E-state index in [-0.39, 0.29) is 0 Å². The molecule has 8 rings (SSSR count). The van der Waals surface area contributed by atoms with Crippen LogP contribution in [0.5, 0.6) is 0 Å². The van der Waals surface area contributed by atoms with Crippen LogP contribution in [0.4, 0.5) is 0 Å². The van der Waals surface area contributed by atoms with Crippen molar-refractivity contribution in [1.29, 1.82) is 0 Å². The lowest BCUT2D eigenvalue weighted by molar-refractivity contribution is 0.890. The molecule has 43 heavy (non-hydrogen) atoms. The lowest BCUT2D eigenvalue weighted by Gasteiger charge is -2.06. The van der Waals surface area contributed by atoms with Gasteiger partial charge in [-0.25, -0.2) is 9.67 Å². The molecular weight excluding hydrogens is 603 g/mol. The van der Waals surface area contributed by atoms with Crippen LogP contribution >= 0.6 is 45.3 Å².